The summed E-state index contributed by atoms with van der Waals surface area (Å²) in [7, 11) is 1.67. The average Bonchev–Trinajstić information content (AvgIpc) is 2.05. The van der Waals surface area contributed by atoms with E-state index in [1.807, 2.05) is 31.2 Å². The molecule has 0 spiro atoms. The molecule has 0 fully saturated rings. The molecule has 52 valence electrons. The normalized spacial score (nSPS) is 15.8. The minimum atomic E-state index is 0.908. The maximum absolute atomic E-state index is 5.00. The fourth-order valence-electron chi connectivity index (χ4n) is 0.796. The third kappa shape index (κ3) is 1.44. The molecule has 0 aromatic heterocycles. The van der Waals surface area contributed by atoms with Gasteiger partial charge in [-0.15, -0.1) is 0 Å². The van der Waals surface area contributed by atoms with Gasteiger partial charge in [0.25, 0.3) is 7.11 Å². The third-order valence-corrected chi connectivity index (χ3v) is 1.45. The van der Waals surface area contributed by atoms with Crippen LogP contribution in [-0.4, -0.2) is 12.9 Å². The minimum absolute atomic E-state index is 0.908. The Morgan fingerprint density at radius 1 is 1.20 bits per heavy atom. The molecule has 0 unspecified atom stereocenters. The van der Waals surface area contributed by atoms with Gasteiger partial charge in [-0.1, -0.05) is 6.08 Å². The Kier molecular flexibility index (Phi) is 2.21. The highest BCUT2D eigenvalue weighted by molar-refractivity contribution is 6.01. The molecule has 1 heteroatoms. The fourth-order valence-corrected chi connectivity index (χ4v) is 0.796. The summed E-state index contributed by atoms with van der Waals surface area (Å²) in [6.07, 6.45) is 10.0. The highest BCUT2D eigenvalue weighted by atomic mass is 16.4. The number of allylic oxidation sites excluding steroid dienone is 6. The van der Waals surface area contributed by atoms with Crippen molar-refractivity contribution in [2.45, 2.75) is 6.92 Å². The highest BCUT2D eigenvalue weighted by Crippen LogP contribution is 2.04. The van der Waals surface area contributed by atoms with Crippen LogP contribution in [0.1, 0.15) is 6.92 Å². The monoisotopic (exact) mass is 135 g/mol. The first-order chi connectivity index (χ1) is 4.86. The van der Waals surface area contributed by atoms with Gasteiger partial charge >= 0.3 is 5.78 Å². The van der Waals surface area contributed by atoms with E-state index in [-0.39, 0.29) is 0 Å². The zero-order valence-corrected chi connectivity index (χ0v) is 6.29. The molecule has 0 N–H and O–H groups in total. The molecular weight excluding hydrogens is 124 g/mol. The Balaban J connectivity index is 2.81. The van der Waals surface area contributed by atoms with Gasteiger partial charge in [-0.3, -0.25) is 4.42 Å². The first kappa shape index (κ1) is 7.00. The van der Waals surface area contributed by atoms with Crippen LogP contribution in [0.3, 0.4) is 0 Å². The van der Waals surface area contributed by atoms with Gasteiger partial charge < -0.3 is 0 Å². The van der Waals surface area contributed by atoms with Crippen molar-refractivity contribution in [3.05, 3.63) is 36.0 Å². The van der Waals surface area contributed by atoms with E-state index in [0.717, 1.165) is 5.78 Å². The Bertz CT molecular complexity index is 187. The summed E-state index contributed by atoms with van der Waals surface area (Å²) >= 11 is 0. The van der Waals surface area contributed by atoms with Crippen LogP contribution in [0.2, 0.25) is 0 Å². The molecule has 10 heavy (non-hydrogen) atoms. The molecule has 1 rings (SSSR count). The summed E-state index contributed by atoms with van der Waals surface area (Å²) < 4.78 is 5.00. The molecule has 0 aromatic carbocycles. The molecular formula is C9H11O+. The van der Waals surface area contributed by atoms with E-state index in [0.29, 0.717) is 0 Å². The van der Waals surface area contributed by atoms with Crippen LogP contribution in [0, 0.1) is 0 Å². The molecule has 1 aliphatic rings. The lowest BCUT2D eigenvalue weighted by atomic mass is 10.1. The number of ketones is 1. The Morgan fingerprint density at radius 3 is 2.20 bits per heavy atom. The van der Waals surface area contributed by atoms with Crippen LogP contribution < -0.4 is 0 Å². The molecule has 0 bridgehead atoms. The molecule has 1 aliphatic carbocycles. The predicted molar refractivity (Wildman–Crippen MR) is 43.0 cm³/mol. The molecule has 0 saturated heterocycles. The SMILES string of the molecule is CC=C1C=CC(=[O+]C)C=C1. The molecule has 1 nitrogen and oxygen atoms in total. The van der Waals surface area contributed by atoms with Crippen molar-refractivity contribution >= 4 is 5.78 Å². The smallest absolute Gasteiger partial charge is 0.258 e. The largest absolute Gasteiger partial charge is 0.343 e. The summed E-state index contributed by atoms with van der Waals surface area (Å²) in [6, 6.07) is 0. The highest BCUT2D eigenvalue weighted by Gasteiger charge is 2.03. The average molecular weight is 135 g/mol. The first-order valence-electron chi connectivity index (χ1n) is 3.30. The number of carbonyl (C=O) groups excluding carboxylic acids is 1. The van der Waals surface area contributed by atoms with Crippen LogP contribution in [-0.2, 0) is 4.42 Å². The molecule has 0 aromatic rings. The van der Waals surface area contributed by atoms with Gasteiger partial charge in [0.05, 0.1) is 0 Å². The van der Waals surface area contributed by atoms with Crippen molar-refractivity contribution in [3.8, 4) is 0 Å². The second-order valence-corrected chi connectivity index (χ2v) is 2.06. The van der Waals surface area contributed by atoms with E-state index in [9.17, 15) is 0 Å². The maximum atomic E-state index is 5.00. The molecule has 0 atom stereocenters. The van der Waals surface area contributed by atoms with Crippen molar-refractivity contribution in [1.29, 1.82) is 0 Å². The van der Waals surface area contributed by atoms with Gasteiger partial charge in [-0.2, -0.15) is 0 Å². The summed E-state index contributed by atoms with van der Waals surface area (Å²) in [5.74, 6) is 0.908. The maximum Gasteiger partial charge on any atom is 0.343 e. The van der Waals surface area contributed by atoms with Crippen LogP contribution in [0.4, 0.5) is 0 Å². The summed E-state index contributed by atoms with van der Waals surface area (Å²) in [5.41, 5.74) is 1.22. The summed E-state index contributed by atoms with van der Waals surface area (Å²) in [6.45, 7) is 2.02. The van der Waals surface area contributed by atoms with Crippen molar-refractivity contribution in [3.63, 3.8) is 0 Å². The van der Waals surface area contributed by atoms with Gasteiger partial charge in [0.2, 0.25) is 0 Å². The van der Waals surface area contributed by atoms with Crippen LogP contribution >= 0.6 is 0 Å². The van der Waals surface area contributed by atoms with Crippen LogP contribution in [0.5, 0.6) is 0 Å². The minimum Gasteiger partial charge on any atom is -0.258 e. The summed E-state index contributed by atoms with van der Waals surface area (Å²) in [5, 5.41) is 0. The molecule has 0 heterocycles. The Labute approximate surface area is 61.1 Å². The Morgan fingerprint density at radius 2 is 1.80 bits per heavy atom. The van der Waals surface area contributed by atoms with E-state index in [4.69, 9.17) is 4.42 Å². The second kappa shape index (κ2) is 3.16. The first-order valence-corrected chi connectivity index (χ1v) is 3.30. The third-order valence-electron chi connectivity index (χ3n) is 1.45. The molecule has 0 radical (unpaired) electrons. The topological polar surface area (TPSA) is 11.3 Å². The molecule has 0 saturated carbocycles. The lowest BCUT2D eigenvalue weighted by molar-refractivity contribution is -0.417. The van der Waals surface area contributed by atoms with Crippen LogP contribution in [0.25, 0.3) is 0 Å². The van der Waals surface area contributed by atoms with Crippen molar-refractivity contribution in [1.82, 2.24) is 0 Å². The zero-order chi connectivity index (χ0) is 7.40. The number of hydrogen-bond acceptors (Lipinski definition) is 0. The van der Waals surface area contributed by atoms with Crippen molar-refractivity contribution < 1.29 is 4.42 Å². The number of rotatable bonds is 0. The zero-order valence-electron chi connectivity index (χ0n) is 6.29. The predicted octanol–water partition coefficient (Wildman–Crippen LogP) is 1.79. The van der Waals surface area contributed by atoms with E-state index in [2.05, 4.69) is 6.08 Å². The quantitative estimate of drug-likeness (QED) is 0.449. The van der Waals surface area contributed by atoms with Crippen molar-refractivity contribution in [2.24, 2.45) is 0 Å². The van der Waals surface area contributed by atoms with Crippen LogP contribution in [0.15, 0.2) is 36.0 Å². The Hall–Kier alpha value is -1.11. The van der Waals surface area contributed by atoms with Crippen molar-refractivity contribution in [2.75, 3.05) is 7.11 Å². The van der Waals surface area contributed by atoms with Gasteiger partial charge in [0.15, 0.2) is 0 Å². The van der Waals surface area contributed by atoms with Gasteiger partial charge in [0.1, 0.15) is 0 Å². The van der Waals surface area contributed by atoms with E-state index in [1.165, 1.54) is 5.57 Å². The van der Waals surface area contributed by atoms with Gasteiger partial charge in [-0.05, 0) is 24.6 Å². The lowest BCUT2D eigenvalue weighted by Crippen LogP contribution is -1.94. The molecule has 0 aliphatic heterocycles. The van der Waals surface area contributed by atoms with E-state index < -0.39 is 0 Å². The lowest BCUT2D eigenvalue weighted by Gasteiger charge is -1.92. The molecule has 0 amide bonds. The fraction of sp³-hybridized carbons (Fsp3) is 0.222. The number of hydrogen-bond donors (Lipinski definition) is 0. The van der Waals surface area contributed by atoms with Gasteiger partial charge in [0, 0.05) is 12.2 Å². The standard InChI is InChI=1S/C9H11O/c1-3-8-4-6-9(10-2)7-5-8/h3-7H,1-2H3/q+1. The van der Waals surface area contributed by atoms with Gasteiger partial charge in [-0.25, -0.2) is 0 Å². The van der Waals surface area contributed by atoms with E-state index >= 15 is 0 Å². The van der Waals surface area contributed by atoms with E-state index in [1.54, 1.807) is 7.11 Å². The summed E-state index contributed by atoms with van der Waals surface area (Å²) in [4.78, 5) is 0. The second-order valence-electron chi connectivity index (χ2n) is 2.06.